The van der Waals surface area contributed by atoms with Gasteiger partial charge in [-0.3, -0.25) is 0 Å². The van der Waals surface area contributed by atoms with Gasteiger partial charge in [-0.2, -0.15) is 0 Å². The number of rotatable bonds is 6. The van der Waals surface area contributed by atoms with Gasteiger partial charge in [-0.25, -0.2) is 22.7 Å². The first-order valence-electron chi connectivity index (χ1n) is 13.8. The van der Waals surface area contributed by atoms with E-state index in [0.29, 0.717) is 23.1 Å². The summed E-state index contributed by atoms with van der Waals surface area (Å²) in [6, 6.07) is 20.2. The smallest absolute Gasteiger partial charge is 0.243 e. The molecule has 0 saturated carbocycles. The van der Waals surface area contributed by atoms with Crippen LogP contribution in [0, 0.1) is 0 Å². The van der Waals surface area contributed by atoms with Crippen LogP contribution in [0.15, 0.2) is 71.8 Å². The molecule has 1 aromatic heterocycles. The number of benzene rings is 3. The fourth-order valence-corrected chi connectivity index (χ4v) is 7.11. The van der Waals surface area contributed by atoms with Crippen molar-refractivity contribution in [2.45, 2.75) is 49.5 Å². The highest BCUT2D eigenvalue weighted by molar-refractivity contribution is 7.89. The van der Waals surface area contributed by atoms with Crippen LogP contribution in [-0.2, 0) is 22.9 Å². The number of hydrogen-bond donors (Lipinski definition) is 1. The molecule has 1 aliphatic carbocycles. The van der Waals surface area contributed by atoms with Crippen molar-refractivity contribution in [3.05, 3.63) is 78.0 Å². The van der Waals surface area contributed by atoms with Crippen LogP contribution in [-0.4, -0.2) is 60.8 Å². The van der Waals surface area contributed by atoms with Gasteiger partial charge in [0.05, 0.1) is 10.4 Å². The second-order valence-corrected chi connectivity index (χ2v) is 12.9. The number of nitrogens with zero attached hydrogens (tertiary/aromatic N) is 4. The predicted octanol–water partition coefficient (Wildman–Crippen LogP) is 5.63. The van der Waals surface area contributed by atoms with Gasteiger partial charge in [-0.05, 0) is 80.9 Å². The minimum atomic E-state index is -3.63. The Labute approximate surface area is 230 Å². The van der Waals surface area contributed by atoms with E-state index < -0.39 is 10.0 Å². The quantitative estimate of drug-likeness (QED) is 0.319. The number of likely N-dealkylation sites (tertiary alicyclic amines) is 1. The number of anilines is 2. The van der Waals surface area contributed by atoms with Crippen LogP contribution in [0.3, 0.4) is 0 Å². The highest BCUT2D eigenvalue weighted by atomic mass is 32.2. The van der Waals surface area contributed by atoms with Crippen LogP contribution in [0.2, 0.25) is 0 Å². The molecular weight excluding hydrogens is 506 g/mol. The Hall–Kier alpha value is -3.33. The van der Waals surface area contributed by atoms with Crippen molar-refractivity contribution in [1.29, 1.82) is 0 Å². The van der Waals surface area contributed by atoms with Gasteiger partial charge in [0.15, 0.2) is 0 Å². The first-order chi connectivity index (χ1) is 18.9. The molecule has 1 aliphatic heterocycles. The Kier molecular flexibility index (Phi) is 7.10. The predicted molar refractivity (Wildman–Crippen MR) is 157 cm³/mol. The molecule has 1 fully saturated rings. The van der Waals surface area contributed by atoms with Gasteiger partial charge < -0.3 is 10.2 Å². The summed E-state index contributed by atoms with van der Waals surface area (Å²) < 4.78 is 27.4. The third-order valence-electron chi connectivity index (χ3n) is 8.16. The molecule has 8 heteroatoms. The minimum absolute atomic E-state index is 0.258. The lowest BCUT2D eigenvalue weighted by Crippen LogP contribution is -2.32. The molecule has 2 heterocycles. The van der Waals surface area contributed by atoms with Crippen molar-refractivity contribution < 1.29 is 8.42 Å². The topological polar surface area (TPSA) is 78.4 Å². The van der Waals surface area contributed by atoms with E-state index in [9.17, 15) is 8.42 Å². The zero-order valence-electron chi connectivity index (χ0n) is 22.6. The fraction of sp³-hybridized carbons (Fsp3) is 0.355. The first kappa shape index (κ1) is 25.9. The average molecular weight is 542 g/mol. The van der Waals surface area contributed by atoms with Crippen LogP contribution < -0.4 is 5.32 Å². The summed E-state index contributed by atoms with van der Waals surface area (Å²) in [5.41, 5.74) is 5.92. The number of hydrogen-bond acceptors (Lipinski definition) is 6. The lowest BCUT2D eigenvalue weighted by atomic mass is 10.0. The van der Waals surface area contributed by atoms with E-state index in [1.54, 1.807) is 32.4 Å². The molecule has 1 unspecified atom stereocenters. The third kappa shape index (κ3) is 5.16. The molecule has 0 spiro atoms. The van der Waals surface area contributed by atoms with Gasteiger partial charge in [0, 0.05) is 48.5 Å². The standard InChI is InChI=1S/C31H35N5O2S/c1-35(2)39(37,38)29-11-4-3-9-27(29)28-10-7-8-24-21-32-31(34-30(24)28)33-25-15-12-22-13-16-26(17-14-23(22)20-25)36-18-5-6-19-36/h3-4,7-12,15,20-21,26H,5-6,13-14,16-19H2,1-2H3,(H,32,33,34). The Morgan fingerprint density at radius 3 is 2.44 bits per heavy atom. The molecule has 7 nitrogen and oxygen atoms in total. The van der Waals surface area contributed by atoms with Crippen LogP contribution in [0.25, 0.3) is 22.0 Å². The zero-order chi connectivity index (χ0) is 27.0. The van der Waals surface area contributed by atoms with E-state index in [4.69, 9.17) is 4.98 Å². The van der Waals surface area contributed by atoms with E-state index in [1.807, 2.05) is 30.3 Å². The first-order valence-corrected chi connectivity index (χ1v) is 15.2. The van der Waals surface area contributed by atoms with Crippen molar-refractivity contribution in [2.24, 2.45) is 0 Å². The Morgan fingerprint density at radius 1 is 0.897 bits per heavy atom. The molecule has 1 saturated heterocycles. The highest BCUT2D eigenvalue weighted by Gasteiger charge is 2.25. The van der Waals surface area contributed by atoms with Gasteiger partial charge in [0.25, 0.3) is 0 Å². The minimum Gasteiger partial charge on any atom is -0.324 e. The number of fused-ring (bicyclic) bond motifs is 2. The summed E-state index contributed by atoms with van der Waals surface area (Å²) in [6.45, 7) is 2.50. The second-order valence-electron chi connectivity index (χ2n) is 10.8. The maximum atomic E-state index is 13.1. The molecular formula is C31H35N5O2S. The van der Waals surface area contributed by atoms with E-state index in [-0.39, 0.29) is 4.90 Å². The second kappa shape index (κ2) is 10.7. The van der Waals surface area contributed by atoms with Crippen molar-refractivity contribution in [3.8, 4) is 11.1 Å². The summed E-state index contributed by atoms with van der Waals surface area (Å²) >= 11 is 0. The molecule has 39 heavy (non-hydrogen) atoms. The van der Waals surface area contributed by atoms with E-state index in [1.165, 1.54) is 54.2 Å². The summed E-state index contributed by atoms with van der Waals surface area (Å²) in [6.07, 6.45) is 9.13. The molecule has 2 aliphatic rings. The number of aromatic nitrogens is 2. The van der Waals surface area contributed by atoms with Gasteiger partial charge in [0.1, 0.15) is 0 Å². The van der Waals surface area contributed by atoms with Crippen molar-refractivity contribution in [2.75, 3.05) is 32.5 Å². The Bertz CT molecular complexity index is 1610. The molecule has 3 aromatic carbocycles. The Balaban J connectivity index is 1.30. The van der Waals surface area contributed by atoms with E-state index in [0.717, 1.165) is 29.5 Å². The molecule has 0 amide bonds. The van der Waals surface area contributed by atoms with E-state index >= 15 is 0 Å². The Morgan fingerprint density at radius 2 is 1.64 bits per heavy atom. The monoisotopic (exact) mass is 541 g/mol. The molecule has 4 aromatic rings. The van der Waals surface area contributed by atoms with Crippen LogP contribution in [0.4, 0.5) is 11.6 Å². The molecule has 0 radical (unpaired) electrons. The van der Waals surface area contributed by atoms with Crippen molar-refractivity contribution in [3.63, 3.8) is 0 Å². The van der Waals surface area contributed by atoms with Crippen LogP contribution in [0.1, 0.15) is 36.8 Å². The lowest BCUT2D eigenvalue weighted by Gasteiger charge is -2.25. The summed E-state index contributed by atoms with van der Waals surface area (Å²) in [7, 11) is -0.537. The fourth-order valence-electron chi connectivity index (χ4n) is 6.01. The normalized spacial score (nSPS) is 18.3. The van der Waals surface area contributed by atoms with E-state index in [2.05, 4.69) is 33.4 Å². The zero-order valence-corrected chi connectivity index (χ0v) is 23.4. The van der Waals surface area contributed by atoms with Gasteiger partial charge in [0.2, 0.25) is 16.0 Å². The van der Waals surface area contributed by atoms with Crippen molar-refractivity contribution >= 4 is 32.6 Å². The molecule has 6 rings (SSSR count). The lowest BCUT2D eigenvalue weighted by molar-refractivity contribution is 0.222. The SMILES string of the molecule is CN(C)S(=O)(=O)c1ccccc1-c1cccc2cnc(Nc3ccc4c(c3)CCC(N3CCCC3)CC4)nc12. The van der Waals surface area contributed by atoms with Gasteiger partial charge >= 0.3 is 0 Å². The van der Waals surface area contributed by atoms with Crippen LogP contribution in [0.5, 0.6) is 0 Å². The van der Waals surface area contributed by atoms with Crippen molar-refractivity contribution in [1.82, 2.24) is 19.2 Å². The van der Waals surface area contributed by atoms with Gasteiger partial charge in [-0.1, -0.05) is 42.5 Å². The van der Waals surface area contributed by atoms with Crippen LogP contribution >= 0.6 is 0 Å². The molecule has 0 bridgehead atoms. The number of nitrogens with one attached hydrogen (secondary N) is 1. The number of para-hydroxylation sites is 1. The summed E-state index contributed by atoms with van der Waals surface area (Å²) in [5, 5.41) is 4.27. The highest BCUT2D eigenvalue weighted by Crippen LogP contribution is 2.34. The third-order valence-corrected chi connectivity index (χ3v) is 10.0. The molecule has 202 valence electrons. The maximum Gasteiger partial charge on any atom is 0.243 e. The maximum absolute atomic E-state index is 13.1. The number of sulfonamides is 1. The number of aryl methyl sites for hydroxylation is 2. The average Bonchev–Trinajstić information content (AvgIpc) is 3.40. The van der Waals surface area contributed by atoms with Gasteiger partial charge in [-0.15, -0.1) is 0 Å². The largest absolute Gasteiger partial charge is 0.324 e. The summed E-state index contributed by atoms with van der Waals surface area (Å²) in [5.74, 6) is 0.492. The summed E-state index contributed by atoms with van der Waals surface area (Å²) in [4.78, 5) is 12.4. The molecule has 1 atom stereocenters. The molecule has 1 N–H and O–H groups in total.